The third-order valence-corrected chi connectivity index (χ3v) is 4.28. The standard InChI is InChI=1S/C19H22FNO5/c1-5-9-21-12(4)16(14(23)10-22)17-13(21)7-6-8-15(17)25-18(11(2)3)19(24)26-20/h6-8,10-11,18H,5,9H2,1-4H3. The monoisotopic (exact) mass is 363 g/mol. The Balaban J connectivity index is 2.71. The van der Waals surface area contributed by atoms with Crippen LogP contribution in [0.3, 0.4) is 0 Å². The van der Waals surface area contributed by atoms with Gasteiger partial charge in [0.05, 0.1) is 16.5 Å². The Labute approximate surface area is 150 Å². The zero-order valence-corrected chi connectivity index (χ0v) is 15.2. The molecule has 0 aliphatic rings. The molecule has 0 N–H and O–H groups in total. The lowest BCUT2D eigenvalue weighted by Crippen LogP contribution is -2.33. The van der Waals surface area contributed by atoms with Crippen molar-refractivity contribution in [2.24, 2.45) is 5.92 Å². The molecule has 1 aromatic carbocycles. The quantitative estimate of drug-likeness (QED) is 0.407. The number of aldehydes is 1. The van der Waals surface area contributed by atoms with Crippen molar-refractivity contribution in [2.75, 3.05) is 0 Å². The topological polar surface area (TPSA) is 74.6 Å². The van der Waals surface area contributed by atoms with Crippen LogP contribution >= 0.6 is 0 Å². The minimum absolute atomic E-state index is 0.231. The van der Waals surface area contributed by atoms with Gasteiger partial charge in [0.1, 0.15) is 5.75 Å². The fraction of sp³-hybridized carbons (Fsp3) is 0.421. The van der Waals surface area contributed by atoms with Crippen molar-refractivity contribution in [3.63, 3.8) is 0 Å². The van der Waals surface area contributed by atoms with E-state index in [9.17, 15) is 18.9 Å². The third-order valence-electron chi connectivity index (χ3n) is 4.28. The van der Waals surface area contributed by atoms with E-state index in [0.29, 0.717) is 23.1 Å². The first-order chi connectivity index (χ1) is 12.4. The summed E-state index contributed by atoms with van der Waals surface area (Å²) >= 11 is 0. The Morgan fingerprint density at radius 1 is 1.31 bits per heavy atom. The molecular weight excluding hydrogens is 341 g/mol. The van der Waals surface area contributed by atoms with Crippen LogP contribution in [0.1, 0.15) is 43.2 Å². The number of fused-ring (bicyclic) bond motifs is 1. The van der Waals surface area contributed by atoms with Gasteiger partial charge in [-0.15, -0.1) is 0 Å². The molecule has 1 atom stereocenters. The molecule has 2 aromatic rings. The van der Waals surface area contributed by atoms with Gasteiger partial charge in [0.2, 0.25) is 11.9 Å². The van der Waals surface area contributed by atoms with Gasteiger partial charge in [-0.1, -0.05) is 26.8 Å². The van der Waals surface area contributed by atoms with E-state index in [2.05, 4.69) is 4.94 Å². The van der Waals surface area contributed by atoms with Gasteiger partial charge < -0.3 is 9.30 Å². The smallest absolute Gasteiger partial charge is 0.389 e. The summed E-state index contributed by atoms with van der Waals surface area (Å²) in [5.41, 5.74) is 1.59. The molecule has 1 aromatic heterocycles. The first-order valence-electron chi connectivity index (χ1n) is 8.47. The molecule has 0 radical (unpaired) electrons. The van der Waals surface area contributed by atoms with Gasteiger partial charge in [-0.3, -0.25) is 14.5 Å². The molecular formula is C19H22FNO5. The summed E-state index contributed by atoms with van der Waals surface area (Å²) in [7, 11) is 0. The Bertz CT molecular complexity index is 840. The third kappa shape index (κ3) is 3.47. The zero-order chi connectivity index (χ0) is 19.4. The van der Waals surface area contributed by atoms with Crippen LogP contribution in [0, 0.1) is 12.8 Å². The summed E-state index contributed by atoms with van der Waals surface area (Å²) < 4.78 is 20.1. The molecule has 0 spiro atoms. The summed E-state index contributed by atoms with van der Waals surface area (Å²) in [6, 6.07) is 5.11. The van der Waals surface area contributed by atoms with Crippen LogP contribution in [0.4, 0.5) is 4.53 Å². The number of carbonyl (C=O) groups excluding carboxylic acids is 3. The van der Waals surface area contributed by atoms with E-state index in [1.807, 2.05) is 17.6 Å². The Morgan fingerprint density at radius 3 is 2.54 bits per heavy atom. The lowest BCUT2D eigenvalue weighted by molar-refractivity contribution is -0.194. The number of aryl methyl sites for hydroxylation is 1. The Morgan fingerprint density at radius 2 is 2.00 bits per heavy atom. The minimum atomic E-state index is -1.18. The molecule has 1 unspecified atom stereocenters. The van der Waals surface area contributed by atoms with Gasteiger partial charge >= 0.3 is 5.97 Å². The number of halogens is 1. The van der Waals surface area contributed by atoms with E-state index in [1.54, 1.807) is 32.9 Å². The van der Waals surface area contributed by atoms with Crippen molar-refractivity contribution in [3.05, 3.63) is 29.5 Å². The SMILES string of the molecule is CCCn1c(C)c(C(=O)C=O)c2c(OC(C(=O)OF)C(C)C)cccc21. The highest BCUT2D eigenvalue weighted by atomic mass is 19.3. The lowest BCUT2D eigenvalue weighted by Gasteiger charge is -2.19. The fourth-order valence-electron chi connectivity index (χ4n) is 3.10. The molecule has 0 bridgehead atoms. The number of hydrogen-bond acceptors (Lipinski definition) is 5. The van der Waals surface area contributed by atoms with Crippen LogP contribution in [0.5, 0.6) is 5.75 Å². The number of ether oxygens (including phenoxy) is 1. The molecule has 0 fully saturated rings. The van der Waals surface area contributed by atoms with Crippen LogP contribution < -0.4 is 4.74 Å². The molecule has 6 nitrogen and oxygen atoms in total. The normalized spacial score (nSPS) is 12.2. The number of Topliss-reactive ketones (excluding diaryl/α,β-unsaturated/α-hetero) is 1. The second-order valence-corrected chi connectivity index (χ2v) is 6.42. The number of ketones is 1. The molecule has 7 heteroatoms. The maximum atomic E-state index is 12.4. The minimum Gasteiger partial charge on any atom is -0.478 e. The van der Waals surface area contributed by atoms with E-state index in [1.165, 1.54) is 0 Å². The molecule has 0 saturated carbocycles. The van der Waals surface area contributed by atoms with Crippen molar-refractivity contribution in [1.29, 1.82) is 0 Å². The number of rotatable bonds is 8. The molecule has 0 saturated heterocycles. The second kappa shape index (κ2) is 8.12. The van der Waals surface area contributed by atoms with Crippen LogP contribution in [0.2, 0.25) is 0 Å². The predicted molar refractivity (Wildman–Crippen MR) is 93.8 cm³/mol. The van der Waals surface area contributed by atoms with Gasteiger partial charge in [0.15, 0.2) is 6.29 Å². The van der Waals surface area contributed by atoms with E-state index < -0.39 is 17.9 Å². The molecule has 0 amide bonds. The van der Waals surface area contributed by atoms with Crippen LogP contribution in [-0.4, -0.2) is 28.7 Å². The highest BCUT2D eigenvalue weighted by Crippen LogP contribution is 2.35. The average Bonchev–Trinajstić information content (AvgIpc) is 2.91. The average molecular weight is 363 g/mol. The molecule has 26 heavy (non-hydrogen) atoms. The van der Waals surface area contributed by atoms with Crippen LogP contribution in [0.25, 0.3) is 10.9 Å². The molecule has 2 rings (SSSR count). The van der Waals surface area contributed by atoms with Gasteiger partial charge in [-0.25, -0.2) is 4.79 Å². The number of benzene rings is 1. The van der Waals surface area contributed by atoms with Crippen LogP contribution in [-0.2, 0) is 21.1 Å². The van der Waals surface area contributed by atoms with E-state index in [0.717, 1.165) is 6.42 Å². The Hall–Kier alpha value is -2.70. The lowest BCUT2D eigenvalue weighted by atomic mass is 10.1. The maximum absolute atomic E-state index is 12.4. The second-order valence-electron chi connectivity index (χ2n) is 6.42. The largest absolute Gasteiger partial charge is 0.478 e. The molecule has 1 heterocycles. The summed E-state index contributed by atoms with van der Waals surface area (Å²) in [4.78, 5) is 38.4. The number of aromatic nitrogens is 1. The predicted octanol–water partition coefficient (Wildman–Crippen LogP) is 3.57. The number of nitrogens with zero attached hydrogens (tertiary/aromatic N) is 1. The number of hydrogen-bond donors (Lipinski definition) is 0. The van der Waals surface area contributed by atoms with E-state index in [4.69, 9.17) is 4.74 Å². The van der Waals surface area contributed by atoms with Crippen molar-refractivity contribution in [3.8, 4) is 5.75 Å². The summed E-state index contributed by atoms with van der Waals surface area (Å²) in [6.45, 7) is 7.78. The van der Waals surface area contributed by atoms with Crippen molar-refractivity contribution in [1.82, 2.24) is 4.57 Å². The fourth-order valence-corrected chi connectivity index (χ4v) is 3.10. The molecule has 140 valence electrons. The highest BCUT2D eigenvalue weighted by molar-refractivity contribution is 6.37. The van der Waals surface area contributed by atoms with Crippen LogP contribution in [0.15, 0.2) is 18.2 Å². The highest BCUT2D eigenvalue weighted by Gasteiger charge is 2.29. The van der Waals surface area contributed by atoms with E-state index >= 15 is 0 Å². The van der Waals surface area contributed by atoms with E-state index in [-0.39, 0.29) is 23.5 Å². The van der Waals surface area contributed by atoms with Crippen molar-refractivity contribution < 1.29 is 28.6 Å². The number of carbonyl (C=O) groups is 3. The van der Waals surface area contributed by atoms with Gasteiger partial charge in [0.25, 0.3) is 0 Å². The van der Waals surface area contributed by atoms with Gasteiger partial charge in [-0.05, 0) is 25.5 Å². The Kier molecular flexibility index (Phi) is 6.13. The first kappa shape index (κ1) is 19.6. The maximum Gasteiger partial charge on any atom is 0.389 e. The summed E-state index contributed by atoms with van der Waals surface area (Å²) in [5, 5.41) is 0.438. The zero-order valence-electron chi connectivity index (χ0n) is 15.2. The van der Waals surface area contributed by atoms with Gasteiger partial charge in [0, 0.05) is 22.7 Å². The van der Waals surface area contributed by atoms with Crippen molar-refractivity contribution in [2.45, 2.75) is 46.8 Å². The van der Waals surface area contributed by atoms with Crippen molar-refractivity contribution >= 4 is 28.9 Å². The van der Waals surface area contributed by atoms with Gasteiger partial charge in [-0.2, -0.15) is 0 Å². The summed E-state index contributed by atoms with van der Waals surface area (Å²) in [6.07, 6.45) is -0.0997. The summed E-state index contributed by atoms with van der Waals surface area (Å²) in [5.74, 6) is -1.95. The molecule has 0 aliphatic carbocycles. The molecule has 0 aliphatic heterocycles. The first-order valence-corrected chi connectivity index (χ1v) is 8.47.